The van der Waals surface area contributed by atoms with Crippen LogP contribution in [0.15, 0.2) is 42.5 Å². The lowest BCUT2D eigenvalue weighted by molar-refractivity contribution is -0.117. The molecule has 0 spiro atoms. The Balaban J connectivity index is 1.81. The van der Waals surface area contributed by atoms with E-state index in [-0.39, 0.29) is 11.8 Å². The molecule has 1 unspecified atom stereocenters. The zero-order valence-corrected chi connectivity index (χ0v) is 13.6. The third-order valence-corrected chi connectivity index (χ3v) is 4.46. The number of carbonyl (C=O) groups is 2. The summed E-state index contributed by atoms with van der Waals surface area (Å²) in [4.78, 5) is 23.5. The Kier molecular flexibility index (Phi) is 4.79. The van der Waals surface area contributed by atoms with Gasteiger partial charge in [0.15, 0.2) is 0 Å². The molecule has 2 amide bonds. The maximum Gasteiger partial charge on any atom is 0.231 e. The average molecular weight is 323 g/mol. The van der Waals surface area contributed by atoms with Crippen LogP contribution in [0.4, 0.5) is 17.1 Å². The maximum absolute atomic E-state index is 12.7. The van der Waals surface area contributed by atoms with Crippen molar-refractivity contribution < 1.29 is 9.59 Å². The standard InChI is InChI=1S/C19H21N3O2/c1-20-17-10-9-14(11-18(17)21-12-23)22-19(24)16-8-4-6-13-5-2-3-7-15(13)16/h2-3,5,7,9-12,16,20H,4,6,8H2,1H3,(H,21,23)(H,22,24). The molecule has 0 heterocycles. The minimum atomic E-state index is -0.124. The average Bonchev–Trinajstić information content (AvgIpc) is 2.62. The smallest absolute Gasteiger partial charge is 0.231 e. The van der Waals surface area contributed by atoms with E-state index >= 15 is 0 Å². The van der Waals surface area contributed by atoms with E-state index in [1.807, 2.05) is 30.3 Å². The van der Waals surface area contributed by atoms with Crippen LogP contribution < -0.4 is 16.0 Å². The maximum atomic E-state index is 12.7. The second kappa shape index (κ2) is 7.17. The summed E-state index contributed by atoms with van der Waals surface area (Å²) in [6, 6.07) is 13.6. The van der Waals surface area contributed by atoms with Crippen LogP contribution in [0.2, 0.25) is 0 Å². The first-order valence-electron chi connectivity index (χ1n) is 8.13. The summed E-state index contributed by atoms with van der Waals surface area (Å²) in [6.45, 7) is 0. The van der Waals surface area contributed by atoms with Crippen molar-refractivity contribution in [2.45, 2.75) is 25.2 Å². The molecule has 0 fully saturated rings. The molecular weight excluding hydrogens is 302 g/mol. The van der Waals surface area contributed by atoms with Crippen molar-refractivity contribution in [1.29, 1.82) is 0 Å². The Morgan fingerprint density at radius 1 is 1.17 bits per heavy atom. The molecule has 0 radical (unpaired) electrons. The van der Waals surface area contributed by atoms with Gasteiger partial charge in [-0.15, -0.1) is 0 Å². The number of hydrogen-bond acceptors (Lipinski definition) is 3. The number of amides is 2. The molecule has 5 heteroatoms. The van der Waals surface area contributed by atoms with Gasteiger partial charge in [0, 0.05) is 12.7 Å². The molecule has 124 valence electrons. The van der Waals surface area contributed by atoms with E-state index < -0.39 is 0 Å². The number of hydrogen-bond donors (Lipinski definition) is 3. The van der Waals surface area contributed by atoms with Gasteiger partial charge in [-0.05, 0) is 48.6 Å². The largest absolute Gasteiger partial charge is 0.386 e. The van der Waals surface area contributed by atoms with E-state index in [2.05, 4.69) is 22.0 Å². The Morgan fingerprint density at radius 3 is 2.79 bits per heavy atom. The second-order valence-corrected chi connectivity index (χ2v) is 5.91. The normalized spacial score (nSPS) is 16.0. The molecule has 1 atom stereocenters. The fourth-order valence-corrected chi connectivity index (χ4v) is 3.28. The molecule has 0 bridgehead atoms. The molecule has 0 aromatic heterocycles. The van der Waals surface area contributed by atoms with Crippen molar-refractivity contribution in [3.8, 4) is 0 Å². The van der Waals surface area contributed by atoms with Gasteiger partial charge in [-0.25, -0.2) is 0 Å². The highest BCUT2D eigenvalue weighted by Crippen LogP contribution is 2.33. The van der Waals surface area contributed by atoms with Gasteiger partial charge >= 0.3 is 0 Å². The predicted octanol–water partition coefficient (Wildman–Crippen LogP) is 3.36. The summed E-state index contributed by atoms with van der Waals surface area (Å²) in [5.74, 6) is -0.127. The van der Waals surface area contributed by atoms with Gasteiger partial charge in [-0.3, -0.25) is 9.59 Å². The van der Waals surface area contributed by atoms with E-state index in [1.54, 1.807) is 13.1 Å². The third kappa shape index (κ3) is 3.25. The van der Waals surface area contributed by atoms with Gasteiger partial charge < -0.3 is 16.0 Å². The van der Waals surface area contributed by atoms with Crippen molar-refractivity contribution in [3.05, 3.63) is 53.6 Å². The highest BCUT2D eigenvalue weighted by atomic mass is 16.2. The van der Waals surface area contributed by atoms with E-state index in [9.17, 15) is 9.59 Å². The SMILES string of the molecule is CNc1ccc(NC(=O)C2CCCc3ccccc32)cc1NC=O. The van der Waals surface area contributed by atoms with E-state index in [4.69, 9.17) is 0 Å². The van der Waals surface area contributed by atoms with Crippen molar-refractivity contribution in [2.24, 2.45) is 0 Å². The number of benzene rings is 2. The molecule has 0 aliphatic heterocycles. The first kappa shape index (κ1) is 16.1. The zero-order chi connectivity index (χ0) is 16.9. The third-order valence-electron chi connectivity index (χ3n) is 4.46. The summed E-state index contributed by atoms with van der Waals surface area (Å²) < 4.78 is 0. The van der Waals surface area contributed by atoms with Crippen LogP contribution in [0.1, 0.15) is 29.9 Å². The minimum absolute atomic E-state index is 0.00332. The lowest BCUT2D eigenvalue weighted by atomic mass is 9.82. The van der Waals surface area contributed by atoms with Gasteiger partial charge in [-0.1, -0.05) is 24.3 Å². The van der Waals surface area contributed by atoms with Crippen molar-refractivity contribution in [2.75, 3.05) is 23.0 Å². The van der Waals surface area contributed by atoms with E-state index in [1.165, 1.54) is 5.56 Å². The summed E-state index contributed by atoms with van der Waals surface area (Å²) in [5, 5.41) is 8.62. The van der Waals surface area contributed by atoms with Crippen LogP contribution in [0.5, 0.6) is 0 Å². The number of rotatable bonds is 5. The highest BCUT2D eigenvalue weighted by Gasteiger charge is 2.26. The monoisotopic (exact) mass is 323 g/mol. The molecule has 1 aliphatic rings. The highest BCUT2D eigenvalue weighted by molar-refractivity contribution is 5.97. The lowest BCUT2D eigenvalue weighted by Gasteiger charge is -2.24. The number of carbonyl (C=O) groups excluding carboxylic acids is 2. The first-order valence-corrected chi connectivity index (χ1v) is 8.13. The fraction of sp³-hybridized carbons (Fsp3) is 0.263. The number of aryl methyl sites for hydroxylation is 1. The fourth-order valence-electron chi connectivity index (χ4n) is 3.28. The molecule has 2 aromatic rings. The van der Waals surface area contributed by atoms with Gasteiger partial charge in [0.1, 0.15) is 0 Å². The van der Waals surface area contributed by atoms with Crippen molar-refractivity contribution >= 4 is 29.4 Å². The molecule has 0 saturated carbocycles. The molecule has 3 N–H and O–H groups in total. The lowest BCUT2D eigenvalue weighted by Crippen LogP contribution is -2.24. The predicted molar refractivity (Wildman–Crippen MR) is 96.4 cm³/mol. The Labute approximate surface area is 141 Å². The first-order chi connectivity index (χ1) is 11.7. The summed E-state index contributed by atoms with van der Waals surface area (Å²) in [5.41, 5.74) is 4.49. The van der Waals surface area contributed by atoms with E-state index in [0.717, 1.165) is 30.5 Å². The molecule has 3 rings (SSSR count). The van der Waals surface area contributed by atoms with Crippen LogP contribution in [0.25, 0.3) is 0 Å². The Hall–Kier alpha value is -2.82. The Morgan fingerprint density at radius 2 is 2.00 bits per heavy atom. The van der Waals surface area contributed by atoms with Crippen LogP contribution in [0, 0.1) is 0 Å². The summed E-state index contributed by atoms with van der Waals surface area (Å²) in [7, 11) is 1.78. The molecular formula is C19H21N3O2. The number of fused-ring (bicyclic) bond motifs is 1. The number of nitrogens with one attached hydrogen (secondary N) is 3. The topological polar surface area (TPSA) is 70.2 Å². The zero-order valence-electron chi connectivity index (χ0n) is 13.6. The van der Waals surface area contributed by atoms with Crippen LogP contribution in [-0.2, 0) is 16.0 Å². The minimum Gasteiger partial charge on any atom is -0.386 e. The molecule has 1 aliphatic carbocycles. The van der Waals surface area contributed by atoms with Gasteiger partial charge in [0.2, 0.25) is 12.3 Å². The molecule has 0 saturated heterocycles. The van der Waals surface area contributed by atoms with Gasteiger partial charge in [0.05, 0.1) is 17.3 Å². The Bertz CT molecular complexity index is 758. The van der Waals surface area contributed by atoms with Gasteiger partial charge in [0.25, 0.3) is 0 Å². The number of anilines is 3. The quantitative estimate of drug-likeness (QED) is 0.739. The van der Waals surface area contributed by atoms with E-state index in [0.29, 0.717) is 17.8 Å². The second-order valence-electron chi connectivity index (χ2n) is 5.91. The van der Waals surface area contributed by atoms with Crippen molar-refractivity contribution in [1.82, 2.24) is 0 Å². The van der Waals surface area contributed by atoms with Crippen molar-refractivity contribution in [3.63, 3.8) is 0 Å². The molecule has 5 nitrogen and oxygen atoms in total. The molecule has 2 aromatic carbocycles. The van der Waals surface area contributed by atoms with Crippen LogP contribution in [-0.4, -0.2) is 19.4 Å². The summed E-state index contributed by atoms with van der Waals surface area (Å²) >= 11 is 0. The van der Waals surface area contributed by atoms with Gasteiger partial charge in [-0.2, -0.15) is 0 Å². The molecule has 24 heavy (non-hydrogen) atoms. The summed E-state index contributed by atoms with van der Waals surface area (Å²) in [6.07, 6.45) is 3.53. The van der Waals surface area contributed by atoms with Crippen LogP contribution >= 0.6 is 0 Å². The van der Waals surface area contributed by atoms with Crippen LogP contribution in [0.3, 0.4) is 0 Å².